The Hall–Kier alpha value is -2.86. The van der Waals surface area contributed by atoms with E-state index >= 15 is 0 Å². The Morgan fingerprint density at radius 1 is 1.15 bits per heavy atom. The van der Waals surface area contributed by atoms with Crippen molar-refractivity contribution in [3.05, 3.63) is 100 Å². The van der Waals surface area contributed by atoms with Crippen molar-refractivity contribution in [2.45, 2.75) is 50.5 Å². The van der Waals surface area contributed by atoms with Crippen molar-refractivity contribution in [3.63, 3.8) is 0 Å². The lowest BCUT2D eigenvalue weighted by Crippen LogP contribution is -2.33. The van der Waals surface area contributed by atoms with Gasteiger partial charge in [-0.15, -0.1) is 11.3 Å². The van der Waals surface area contributed by atoms with Crippen LogP contribution in [0.2, 0.25) is 0 Å². The molecule has 3 aromatic rings. The Morgan fingerprint density at radius 3 is 2.33 bits per heavy atom. The van der Waals surface area contributed by atoms with Crippen LogP contribution < -0.4 is 5.32 Å². The smallest absolute Gasteiger partial charge is 0.243 e. The second-order valence-electron chi connectivity index (χ2n) is 8.59. The number of rotatable bonds is 10. The highest BCUT2D eigenvalue weighted by molar-refractivity contribution is 7.09. The molecule has 1 amide bonds. The third-order valence-electron chi connectivity index (χ3n) is 6.48. The topological polar surface area (TPSA) is 42.0 Å². The number of carbonyl (C=O) groups is 1. The Morgan fingerprint density at radius 2 is 1.79 bits per heavy atom. The number of aromatic nitrogens is 1. The third kappa shape index (κ3) is 5.56. The van der Waals surface area contributed by atoms with Crippen molar-refractivity contribution in [3.8, 4) is 0 Å². The third-order valence-corrected chi connectivity index (χ3v) is 7.32. The van der Waals surface area contributed by atoms with E-state index < -0.39 is 0 Å². The Labute approximate surface area is 197 Å². The molecule has 0 radical (unpaired) electrons. The molecule has 33 heavy (non-hydrogen) atoms. The largest absolute Gasteiger partial charge is 0.350 e. The zero-order valence-corrected chi connectivity index (χ0v) is 19.5. The molecule has 0 aliphatic heterocycles. The number of hydrogen-bond donors (Lipinski definition) is 1. The molecule has 6 heteroatoms. The van der Waals surface area contributed by atoms with Gasteiger partial charge in [-0.2, -0.15) is 0 Å². The van der Waals surface area contributed by atoms with Crippen LogP contribution in [0, 0.1) is 17.6 Å². The molecule has 2 aromatic carbocycles. The van der Waals surface area contributed by atoms with Crippen molar-refractivity contribution < 1.29 is 13.6 Å². The first-order valence-corrected chi connectivity index (χ1v) is 12.3. The molecule has 2 atom stereocenters. The molecule has 1 aliphatic carbocycles. The lowest BCUT2D eigenvalue weighted by atomic mass is 9.85. The van der Waals surface area contributed by atoms with Crippen LogP contribution in [0.3, 0.4) is 0 Å². The van der Waals surface area contributed by atoms with Crippen molar-refractivity contribution >= 4 is 17.2 Å². The molecule has 1 aromatic heterocycles. The van der Waals surface area contributed by atoms with Gasteiger partial charge in [-0.25, -0.2) is 13.8 Å². The summed E-state index contributed by atoms with van der Waals surface area (Å²) in [5.41, 5.74) is 1.58. The van der Waals surface area contributed by atoms with E-state index in [2.05, 4.69) is 17.2 Å². The van der Waals surface area contributed by atoms with Gasteiger partial charge in [0.2, 0.25) is 5.91 Å². The molecule has 172 valence electrons. The van der Waals surface area contributed by atoms with E-state index in [1.54, 1.807) is 41.7 Å². The molecular weight excluding hydrogens is 438 g/mol. The van der Waals surface area contributed by atoms with Crippen LogP contribution in [0.25, 0.3) is 0 Å². The number of aryl methyl sites for hydroxylation is 1. The summed E-state index contributed by atoms with van der Waals surface area (Å²) in [6.07, 6.45) is 9.85. The van der Waals surface area contributed by atoms with Gasteiger partial charge in [-0.3, -0.25) is 4.79 Å². The zero-order valence-electron chi connectivity index (χ0n) is 18.6. The van der Waals surface area contributed by atoms with Crippen LogP contribution in [-0.2, 0) is 16.6 Å². The molecule has 3 nitrogen and oxygen atoms in total. The summed E-state index contributed by atoms with van der Waals surface area (Å²) in [7, 11) is 0. The fraction of sp³-hybridized carbons (Fsp3) is 0.333. The zero-order chi connectivity index (χ0) is 23.3. The molecule has 0 spiro atoms. The minimum atomic E-state index is -0.365. The number of thiazole rings is 1. The molecule has 1 heterocycles. The van der Waals surface area contributed by atoms with Crippen molar-refractivity contribution in [1.82, 2.24) is 10.3 Å². The summed E-state index contributed by atoms with van der Waals surface area (Å²) in [5.74, 6) is -0.597. The maximum atomic E-state index is 13.5. The van der Waals surface area contributed by atoms with E-state index in [1.165, 1.54) is 24.3 Å². The van der Waals surface area contributed by atoms with E-state index in [1.807, 2.05) is 17.7 Å². The highest BCUT2D eigenvalue weighted by Gasteiger charge is 2.55. The molecule has 0 unspecified atom stereocenters. The summed E-state index contributed by atoms with van der Waals surface area (Å²) < 4.78 is 27.0. The van der Waals surface area contributed by atoms with Gasteiger partial charge in [-0.05, 0) is 79.5 Å². The number of amides is 1. The summed E-state index contributed by atoms with van der Waals surface area (Å²) in [6.45, 7) is 2.08. The molecule has 4 rings (SSSR count). The van der Waals surface area contributed by atoms with Gasteiger partial charge < -0.3 is 5.32 Å². The lowest BCUT2D eigenvalue weighted by molar-refractivity contribution is -0.117. The van der Waals surface area contributed by atoms with Crippen molar-refractivity contribution in [2.75, 3.05) is 0 Å². The molecule has 1 N–H and O–H groups in total. The predicted octanol–water partition coefficient (Wildman–Crippen LogP) is 6.20. The van der Waals surface area contributed by atoms with E-state index in [-0.39, 0.29) is 34.9 Å². The Kier molecular flexibility index (Phi) is 7.33. The van der Waals surface area contributed by atoms with E-state index in [0.29, 0.717) is 0 Å². The first kappa shape index (κ1) is 23.3. The average molecular weight is 467 g/mol. The quantitative estimate of drug-likeness (QED) is 0.362. The molecule has 1 fully saturated rings. The van der Waals surface area contributed by atoms with Crippen LogP contribution in [0.4, 0.5) is 8.78 Å². The van der Waals surface area contributed by atoms with Gasteiger partial charge in [0, 0.05) is 23.0 Å². The van der Waals surface area contributed by atoms with Gasteiger partial charge in [0.05, 0.1) is 5.01 Å². The minimum absolute atomic E-state index is 0.0872. The molecule has 1 aliphatic rings. The van der Waals surface area contributed by atoms with Crippen LogP contribution >= 0.6 is 11.3 Å². The van der Waals surface area contributed by atoms with E-state index in [0.717, 1.165) is 48.2 Å². The Bertz CT molecular complexity index is 1030. The minimum Gasteiger partial charge on any atom is -0.350 e. The van der Waals surface area contributed by atoms with Gasteiger partial charge in [0.1, 0.15) is 11.6 Å². The summed E-state index contributed by atoms with van der Waals surface area (Å²) >= 11 is 1.66. The number of carbonyl (C=O) groups excluding carboxylic acids is 1. The maximum absolute atomic E-state index is 13.5. The van der Waals surface area contributed by atoms with Gasteiger partial charge in [0.25, 0.3) is 0 Å². The second kappa shape index (κ2) is 10.4. The number of nitrogens with one attached hydrogen (secondary N) is 1. The fourth-order valence-electron chi connectivity index (χ4n) is 4.55. The first-order valence-electron chi connectivity index (χ1n) is 11.4. The van der Waals surface area contributed by atoms with Crippen LogP contribution in [0.1, 0.15) is 48.7 Å². The van der Waals surface area contributed by atoms with Crippen LogP contribution in [0.15, 0.2) is 72.3 Å². The monoisotopic (exact) mass is 466 g/mol. The van der Waals surface area contributed by atoms with E-state index in [9.17, 15) is 13.6 Å². The number of nitrogens with zero attached hydrogens (tertiary/aromatic N) is 1. The lowest BCUT2D eigenvalue weighted by Gasteiger charge is -2.18. The molecule has 0 saturated heterocycles. The second-order valence-corrected chi connectivity index (χ2v) is 9.57. The highest BCUT2D eigenvalue weighted by Crippen LogP contribution is 2.59. The van der Waals surface area contributed by atoms with E-state index in [4.69, 9.17) is 0 Å². The van der Waals surface area contributed by atoms with Crippen molar-refractivity contribution in [2.24, 2.45) is 5.92 Å². The molecule has 1 saturated carbocycles. The molecule has 0 bridgehead atoms. The summed E-state index contributed by atoms with van der Waals surface area (Å²) in [6, 6.07) is 13.0. The SMILES string of the molecule is CC[C@@H](CCCc1nccs1)NC(=O)C=C[C@H]1CC1(c1ccc(F)cc1)c1ccc(F)cc1. The van der Waals surface area contributed by atoms with Gasteiger partial charge in [-0.1, -0.05) is 37.3 Å². The van der Waals surface area contributed by atoms with Gasteiger partial charge >= 0.3 is 0 Å². The van der Waals surface area contributed by atoms with Crippen molar-refractivity contribution in [1.29, 1.82) is 0 Å². The average Bonchev–Trinajstić information content (AvgIpc) is 3.31. The number of benzene rings is 2. The molecular formula is C27H28F2N2OS. The summed E-state index contributed by atoms with van der Waals surface area (Å²) in [5, 5.41) is 6.22. The predicted molar refractivity (Wildman–Crippen MR) is 128 cm³/mol. The number of hydrogen-bond acceptors (Lipinski definition) is 3. The first-order chi connectivity index (χ1) is 16.0. The number of halogens is 2. The summed E-state index contributed by atoms with van der Waals surface area (Å²) in [4.78, 5) is 16.9. The van der Waals surface area contributed by atoms with Gasteiger partial charge in [0.15, 0.2) is 0 Å². The maximum Gasteiger partial charge on any atom is 0.243 e. The van der Waals surface area contributed by atoms with Crippen LogP contribution in [0.5, 0.6) is 0 Å². The number of allylic oxidation sites excluding steroid dienone is 1. The van der Waals surface area contributed by atoms with Crippen LogP contribution in [-0.4, -0.2) is 16.9 Å². The highest BCUT2D eigenvalue weighted by atomic mass is 32.1. The Balaban J connectivity index is 1.40. The fourth-order valence-corrected chi connectivity index (χ4v) is 5.22. The normalized spacial score (nSPS) is 17.7. The standard InChI is InChI=1S/C27H28F2N2OS/c1-2-24(4-3-5-26-30-16-17-33-26)31-25(32)15-10-21-18-27(21,19-6-11-22(28)12-7-19)20-8-13-23(29)14-9-20/h6-17,21,24H,2-5,18H2,1H3,(H,31,32)/t21-,24-/m0/s1.